The number of hydrogen-bond donors (Lipinski definition) is 2. The lowest BCUT2D eigenvalue weighted by Crippen LogP contribution is -2.20. The summed E-state index contributed by atoms with van der Waals surface area (Å²) < 4.78 is 2.19. The number of aromatic nitrogens is 2. The maximum absolute atomic E-state index is 12.1. The van der Waals surface area contributed by atoms with Gasteiger partial charge in [-0.05, 0) is 60.0 Å². The Balaban J connectivity index is 1.46. The van der Waals surface area contributed by atoms with Crippen molar-refractivity contribution >= 4 is 22.9 Å². The molecule has 0 aliphatic heterocycles. The molecule has 4 aromatic rings. The number of carbonyl (C=O) groups excluding carboxylic acids is 1. The predicted octanol–water partition coefficient (Wildman–Crippen LogP) is 3.86. The maximum atomic E-state index is 12.1. The number of fused-ring (bicyclic) bond motifs is 1. The number of para-hydroxylation sites is 1. The van der Waals surface area contributed by atoms with Crippen molar-refractivity contribution in [3.8, 4) is 5.69 Å². The average Bonchev–Trinajstić information content (AvgIpc) is 3.16. The summed E-state index contributed by atoms with van der Waals surface area (Å²) in [4.78, 5) is 16.1. The Bertz CT molecular complexity index is 1160. The molecule has 150 valence electrons. The quantitative estimate of drug-likeness (QED) is 0.466. The van der Waals surface area contributed by atoms with Crippen LogP contribution in [0.5, 0.6) is 0 Å². The summed E-state index contributed by atoms with van der Waals surface area (Å²) in [5.74, 6) is -0.134. The normalized spacial score (nSPS) is 11.2. The Hall–Kier alpha value is -3.70. The third-order valence-corrected chi connectivity index (χ3v) is 5.00. The zero-order valence-electron chi connectivity index (χ0n) is 16.7. The van der Waals surface area contributed by atoms with Crippen molar-refractivity contribution in [2.45, 2.75) is 13.0 Å². The molecule has 0 saturated carbocycles. The number of hydrogen-bond acceptors (Lipinski definition) is 3. The van der Waals surface area contributed by atoms with Gasteiger partial charge in [-0.25, -0.2) is 0 Å². The highest BCUT2D eigenvalue weighted by Crippen LogP contribution is 2.25. The van der Waals surface area contributed by atoms with Crippen LogP contribution >= 0.6 is 0 Å². The minimum atomic E-state index is -0.134. The van der Waals surface area contributed by atoms with E-state index in [1.54, 1.807) is 18.5 Å². The molecule has 4 rings (SSSR count). The van der Waals surface area contributed by atoms with E-state index in [4.69, 9.17) is 5.73 Å². The number of carbonyl (C=O) groups is 1. The first-order chi connectivity index (χ1) is 14.7. The highest BCUT2D eigenvalue weighted by atomic mass is 16.1. The number of nitrogens with zero attached hydrogens (tertiary/aromatic N) is 2. The van der Waals surface area contributed by atoms with E-state index < -0.39 is 0 Å². The molecule has 0 aliphatic carbocycles. The van der Waals surface area contributed by atoms with Crippen molar-refractivity contribution in [3.05, 3.63) is 102 Å². The first kappa shape index (κ1) is 19.6. The summed E-state index contributed by atoms with van der Waals surface area (Å²) in [5, 5.41) is 4.09. The molecule has 30 heavy (non-hydrogen) atoms. The van der Waals surface area contributed by atoms with E-state index in [2.05, 4.69) is 51.4 Å². The fourth-order valence-electron chi connectivity index (χ4n) is 3.49. The molecular weight excluding hydrogens is 372 g/mol. The van der Waals surface area contributed by atoms with Gasteiger partial charge in [-0.2, -0.15) is 0 Å². The van der Waals surface area contributed by atoms with Crippen LogP contribution in [0, 0.1) is 0 Å². The Morgan fingerprint density at radius 2 is 1.90 bits per heavy atom. The minimum absolute atomic E-state index is 0.134. The molecule has 3 N–H and O–H groups in total. The third kappa shape index (κ3) is 4.47. The SMILES string of the molecule is NCCc1cn(-c2ccc(/C=C/C(=O)NCc3cccnc3)cc2)c2ccccc12. The number of nitrogens with one attached hydrogen (secondary N) is 1. The lowest BCUT2D eigenvalue weighted by atomic mass is 10.1. The molecule has 0 saturated heterocycles. The van der Waals surface area contributed by atoms with Crippen LogP contribution in [0.3, 0.4) is 0 Å². The van der Waals surface area contributed by atoms with E-state index in [9.17, 15) is 4.79 Å². The van der Waals surface area contributed by atoms with Crippen LogP contribution in [0.2, 0.25) is 0 Å². The van der Waals surface area contributed by atoms with Crippen LogP contribution in [-0.4, -0.2) is 22.0 Å². The molecule has 0 radical (unpaired) electrons. The molecule has 2 aromatic carbocycles. The molecule has 2 aromatic heterocycles. The van der Waals surface area contributed by atoms with E-state index >= 15 is 0 Å². The van der Waals surface area contributed by atoms with Crippen molar-refractivity contribution in [2.24, 2.45) is 5.73 Å². The minimum Gasteiger partial charge on any atom is -0.348 e. The Morgan fingerprint density at radius 1 is 1.07 bits per heavy atom. The number of rotatable bonds is 7. The first-order valence-electron chi connectivity index (χ1n) is 9.99. The highest BCUT2D eigenvalue weighted by molar-refractivity contribution is 5.91. The van der Waals surface area contributed by atoms with Gasteiger partial charge >= 0.3 is 0 Å². The monoisotopic (exact) mass is 396 g/mol. The van der Waals surface area contributed by atoms with Gasteiger partial charge in [-0.15, -0.1) is 0 Å². The number of benzene rings is 2. The van der Waals surface area contributed by atoms with Gasteiger partial charge in [-0.3, -0.25) is 9.78 Å². The molecule has 0 bridgehead atoms. The summed E-state index contributed by atoms with van der Waals surface area (Å²) in [7, 11) is 0. The maximum Gasteiger partial charge on any atom is 0.244 e. The molecule has 2 heterocycles. The number of nitrogens with two attached hydrogens (primary N) is 1. The van der Waals surface area contributed by atoms with Gasteiger partial charge < -0.3 is 15.6 Å². The van der Waals surface area contributed by atoms with Gasteiger partial charge in [-0.1, -0.05) is 36.4 Å². The van der Waals surface area contributed by atoms with Crippen LogP contribution in [0.25, 0.3) is 22.7 Å². The summed E-state index contributed by atoms with van der Waals surface area (Å²) in [5.41, 5.74) is 11.2. The molecule has 0 fully saturated rings. The summed E-state index contributed by atoms with van der Waals surface area (Å²) >= 11 is 0. The third-order valence-electron chi connectivity index (χ3n) is 5.00. The lowest BCUT2D eigenvalue weighted by molar-refractivity contribution is -0.116. The second kappa shape index (κ2) is 9.20. The number of pyridine rings is 1. The van der Waals surface area contributed by atoms with Gasteiger partial charge in [0.05, 0.1) is 5.52 Å². The smallest absolute Gasteiger partial charge is 0.244 e. The number of amides is 1. The Kier molecular flexibility index (Phi) is 6.01. The van der Waals surface area contributed by atoms with Crippen LogP contribution in [0.15, 0.2) is 85.3 Å². The van der Waals surface area contributed by atoms with Gasteiger partial charge in [0.1, 0.15) is 0 Å². The Labute approximate surface area is 175 Å². The zero-order valence-corrected chi connectivity index (χ0v) is 16.7. The second-order valence-electron chi connectivity index (χ2n) is 7.08. The molecule has 1 amide bonds. The summed E-state index contributed by atoms with van der Waals surface area (Å²) in [6.07, 6.45) is 9.83. The summed E-state index contributed by atoms with van der Waals surface area (Å²) in [6.45, 7) is 1.09. The van der Waals surface area contributed by atoms with Crippen molar-refractivity contribution in [1.29, 1.82) is 0 Å². The predicted molar refractivity (Wildman–Crippen MR) is 121 cm³/mol. The van der Waals surface area contributed by atoms with Gasteiger partial charge in [0.25, 0.3) is 0 Å². The molecule has 5 heteroatoms. The Morgan fingerprint density at radius 3 is 2.67 bits per heavy atom. The summed E-state index contributed by atoms with van der Waals surface area (Å²) in [6, 6.07) is 20.3. The van der Waals surface area contributed by atoms with Crippen molar-refractivity contribution in [3.63, 3.8) is 0 Å². The van der Waals surface area contributed by atoms with Gasteiger partial charge in [0, 0.05) is 42.3 Å². The largest absolute Gasteiger partial charge is 0.348 e. The van der Waals surface area contributed by atoms with E-state index in [1.807, 2.05) is 36.4 Å². The van der Waals surface area contributed by atoms with Crippen LogP contribution in [-0.2, 0) is 17.8 Å². The van der Waals surface area contributed by atoms with E-state index in [0.717, 1.165) is 23.2 Å². The lowest BCUT2D eigenvalue weighted by Gasteiger charge is -2.06. The van der Waals surface area contributed by atoms with Crippen LogP contribution in [0.1, 0.15) is 16.7 Å². The topological polar surface area (TPSA) is 72.9 Å². The molecule has 0 unspecified atom stereocenters. The molecule has 0 atom stereocenters. The van der Waals surface area contributed by atoms with Crippen LogP contribution < -0.4 is 11.1 Å². The van der Waals surface area contributed by atoms with Gasteiger partial charge in [0.15, 0.2) is 0 Å². The van der Waals surface area contributed by atoms with Crippen molar-refractivity contribution in [1.82, 2.24) is 14.9 Å². The van der Waals surface area contributed by atoms with Crippen LogP contribution in [0.4, 0.5) is 0 Å². The van der Waals surface area contributed by atoms with Crippen molar-refractivity contribution < 1.29 is 4.79 Å². The highest BCUT2D eigenvalue weighted by Gasteiger charge is 2.08. The first-order valence-corrected chi connectivity index (χ1v) is 9.99. The molecule has 0 aliphatic rings. The standard InChI is InChI=1S/C25H24N4O/c26-14-13-21-18-29(24-6-2-1-5-23(21)24)22-10-7-19(8-11-22)9-12-25(30)28-17-20-4-3-15-27-16-20/h1-12,15-16,18H,13-14,17,26H2,(H,28,30)/b12-9+. The van der Waals surface area contributed by atoms with E-state index in [-0.39, 0.29) is 5.91 Å². The second-order valence-corrected chi connectivity index (χ2v) is 7.08. The van der Waals surface area contributed by atoms with Gasteiger partial charge in [0.2, 0.25) is 5.91 Å². The zero-order chi connectivity index (χ0) is 20.8. The fourth-order valence-corrected chi connectivity index (χ4v) is 3.49. The van der Waals surface area contributed by atoms with E-state index in [0.29, 0.717) is 13.1 Å². The average molecular weight is 396 g/mol. The fraction of sp³-hybridized carbons (Fsp3) is 0.120. The van der Waals surface area contributed by atoms with Crippen molar-refractivity contribution in [2.75, 3.05) is 6.54 Å². The van der Waals surface area contributed by atoms with E-state index in [1.165, 1.54) is 16.5 Å². The molecule has 5 nitrogen and oxygen atoms in total. The molecule has 0 spiro atoms. The molecular formula is C25H24N4O.